The molecule has 1 aromatic carbocycles. The minimum atomic E-state index is 0.279. The Kier molecular flexibility index (Phi) is 2.80. The molecule has 0 saturated carbocycles. The predicted octanol–water partition coefficient (Wildman–Crippen LogP) is 2.32. The van der Waals surface area contributed by atoms with Gasteiger partial charge in [-0.1, -0.05) is 13.0 Å². The topological polar surface area (TPSA) is 39.1 Å². The van der Waals surface area contributed by atoms with Crippen LogP contribution in [0.25, 0.3) is 5.69 Å². The van der Waals surface area contributed by atoms with E-state index in [4.69, 9.17) is 4.74 Å². The highest BCUT2D eigenvalue weighted by Crippen LogP contribution is 2.27. The summed E-state index contributed by atoms with van der Waals surface area (Å²) < 4.78 is 7.12. The van der Waals surface area contributed by atoms with Gasteiger partial charge in [-0.25, -0.2) is 4.68 Å². The minimum absolute atomic E-state index is 0.279. The van der Waals surface area contributed by atoms with Gasteiger partial charge >= 0.3 is 0 Å². The lowest BCUT2D eigenvalue weighted by molar-refractivity contribution is -0.0924. The summed E-state index contributed by atoms with van der Waals surface area (Å²) in [5, 5.41) is 7.70. The maximum atomic E-state index is 5.25. The van der Waals surface area contributed by atoms with Crippen molar-refractivity contribution in [1.82, 2.24) is 9.78 Å². The van der Waals surface area contributed by atoms with Gasteiger partial charge in [-0.15, -0.1) is 0 Å². The molecule has 4 nitrogen and oxygen atoms in total. The highest BCUT2D eigenvalue weighted by molar-refractivity contribution is 5.51. The van der Waals surface area contributed by atoms with Crippen molar-refractivity contribution in [2.45, 2.75) is 6.92 Å². The van der Waals surface area contributed by atoms with Gasteiger partial charge in [-0.2, -0.15) is 5.10 Å². The fourth-order valence-electron chi connectivity index (χ4n) is 2.05. The predicted molar refractivity (Wildman–Crippen MR) is 71.0 cm³/mol. The molecule has 1 fully saturated rings. The average Bonchev–Trinajstić information content (AvgIpc) is 2.88. The van der Waals surface area contributed by atoms with Crippen molar-refractivity contribution in [2.75, 3.05) is 25.1 Å². The van der Waals surface area contributed by atoms with Crippen LogP contribution in [0, 0.1) is 5.41 Å². The van der Waals surface area contributed by atoms with Crippen LogP contribution in [0.3, 0.4) is 0 Å². The van der Waals surface area contributed by atoms with E-state index in [9.17, 15) is 0 Å². The third-order valence-corrected chi connectivity index (χ3v) is 3.24. The van der Waals surface area contributed by atoms with Crippen LogP contribution in [0.5, 0.6) is 0 Å². The first-order valence-electron chi connectivity index (χ1n) is 6.17. The van der Waals surface area contributed by atoms with Gasteiger partial charge in [0.2, 0.25) is 0 Å². The fourth-order valence-corrected chi connectivity index (χ4v) is 2.05. The molecule has 2 heterocycles. The summed E-state index contributed by atoms with van der Waals surface area (Å²) >= 11 is 0. The first-order valence-corrected chi connectivity index (χ1v) is 6.17. The smallest absolute Gasteiger partial charge is 0.0666 e. The number of aromatic nitrogens is 2. The molecule has 1 aliphatic heterocycles. The molecule has 18 heavy (non-hydrogen) atoms. The van der Waals surface area contributed by atoms with Gasteiger partial charge in [0, 0.05) is 30.0 Å². The van der Waals surface area contributed by atoms with Crippen molar-refractivity contribution in [2.24, 2.45) is 5.41 Å². The van der Waals surface area contributed by atoms with E-state index in [1.54, 1.807) is 6.20 Å². The molecule has 0 aliphatic carbocycles. The Labute approximate surface area is 107 Å². The molecule has 1 aromatic heterocycles. The molecule has 1 aliphatic rings. The van der Waals surface area contributed by atoms with Gasteiger partial charge in [0.15, 0.2) is 0 Å². The van der Waals surface area contributed by atoms with Crippen LogP contribution < -0.4 is 5.32 Å². The molecule has 1 saturated heterocycles. The van der Waals surface area contributed by atoms with Crippen LogP contribution in [0.4, 0.5) is 5.69 Å². The van der Waals surface area contributed by atoms with E-state index >= 15 is 0 Å². The maximum Gasteiger partial charge on any atom is 0.0666 e. The quantitative estimate of drug-likeness (QED) is 0.895. The van der Waals surface area contributed by atoms with Crippen LogP contribution in [-0.2, 0) is 4.74 Å². The molecule has 1 N–H and O–H groups in total. The van der Waals surface area contributed by atoms with Crippen molar-refractivity contribution < 1.29 is 4.74 Å². The van der Waals surface area contributed by atoms with Crippen LogP contribution in [0.2, 0.25) is 0 Å². The lowest BCUT2D eigenvalue weighted by atomic mass is 9.89. The summed E-state index contributed by atoms with van der Waals surface area (Å²) in [7, 11) is 0. The Balaban J connectivity index is 1.71. The van der Waals surface area contributed by atoms with Gasteiger partial charge in [-0.05, 0) is 24.3 Å². The summed E-state index contributed by atoms with van der Waals surface area (Å²) in [6.07, 6.45) is 3.73. The second-order valence-electron chi connectivity index (χ2n) is 5.16. The maximum absolute atomic E-state index is 5.25. The standard InChI is InChI=1S/C14H17N3O/c1-14(10-18-11-14)9-15-12-4-2-5-13(8-12)17-7-3-6-16-17/h2-8,15H,9-11H2,1H3. The molecule has 0 spiro atoms. The monoisotopic (exact) mass is 243 g/mol. The summed E-state index contributed by atoms with van der Waals surface area (Å²) in [5.74, 6) is 0. The van der Waals surface area contributed by atoms with Gasteiger partial charge in [-0.3, -0.25) is 0 Å². The number of ether oxygens (including phenoxy) is 1. The van der Waals surface area contributed by atoms with E-state index in [1.807, 2.05) is 29.1 Å². The number of hydrogen-bond acceptors (Lipinski definition) is 3. The number of hydrogen-bond donors (Lipinski definition) is 1. The van der Waals surface area contributed by atoms with E-state index in [-0.39, 0.29) is 5.41 Å². The Morgan fingerprint density at radius 1 is 1.39 bits per heavy atom. The molecule has 3 rings (SSSR count). The molecule has 0 atom stereocenters. The van der Waals surface area contributed by atoms with Gasteiger partial charge in [0.25, 0.3) is 0 Å². The first-order chi connectivity index (χ1) is 8.75. The molecular weight excluding hydrogens is 226 g/mol. The fraction of sp³-hybridized carbons (Fsp3) is 0.357. The molecule has 4 heteroatoms. The second kappa shape index (κ2) is 4.46. The molecule has 0 radical (unpaired) electrons. The highest BCUT2D eigenvalue weighted by atomic mass is 16.5. The van der Waals surface area contributed by atoms with E-state index in [1.165, 1.54) is 0 Å². The normalized spacial score (nSPS) is 17.2. The van der Waals surface area contributed by atoms with Gasteiger partial charge in [0.1, 0.15) is 0 Å². The number of benzene rings is 1. The lowest BCUT2D eigenvalue weighted by Gasteiger charge is -2.38. The van der Waals surface area contributed by atoms with Crippen LogP contribution in [0.1, 0.15) is 6.92 Å². The van der Waals surface area contributed by atoms with E-state index in [0.29, 0.717) is 0 Å². The zero-order valence-corrected chi connectivity index (χ0v) is 10.5. The summed E-state index contributed by atoms with van der Waals surface area (Å²) in [6, 6.07) is 10.2. The summed E-state index contributed by atoms with van der Waals surface area (Å²) in [5.41, 5.74) is 2.47. The van der Waals surface area contributed by atoms with Crippen molar-refractivity contribution in [3.63, 3.8) is 0 Å². The van der Waals surface area contributed by atoms with Crippen molar-refractivity contribution in [3.8, 4) is 5.69 Å². The van der Waals surface area contributed by atoms with Crippen LogP contribution >= 0.6 is 0 Å². The zero-order chi connectivity index (χ0) is 12.4. The summed E-state index contributed by atoms with van der Waals surface area (Å²) in [6.45, 7) is 4.87. The summed E-state index contributed by atoms with van der Waals surface area (Å²) in [4.78, 5) is 0. The number of anilines is 1. The average molecular weight is 243 g/mol. The third kappa shape index (κ3) is 2.24. The van der Waals surface area contributed by atoms with E-state index < -0.39 is 0 Å². The molecule has 0 bridgehead atoms. The largest absolute Gasteiger partial charge is 0.384 e. The van der Waals surface area contributed by atoms with Gasteiger partial charge in [0.05, 0.1) is 18.9 Å². The second-order valence-corrected chi connectivity index (χ2v) is 5.16. The van der Waals surface area contributed by atoms with Crippen LogP contribution in [-0.4, -0.2) is 29.5 Å². The van der Waals surface area contributed by atoms with E-state index in [2.05, 4.69) is 29.5 Å². The molecule has 0 amide bonds. The lowest BCUT2D eigenvalue weighted by Crippen LogP contribution is -2.45. The van der Waals surface area contributed by atoms with Crippen molar-refractivity contribution in [1.29, 1.82) is 0 Å². The van der Waals surface area contributed by atoms with Gasteiger partial charge < -0.3 is 10.1 Å². The van der Waals surface area contributed by atoms with E-state index in [0.717, 1.165) is 31.1 Å². The Bertz CT molecular complexity index is 518. The minimum Gasteiger partial charge on any atom is -0.384 e. The number of nitrogens with zero attached hydrogens (tertiary/aromatic N) is 2. The van der Waals surface area contributed by atoms with Crippen LogP contribution in [0.15, 0.2) is 42.7 Å². The highest BCUT2D eigenvalue weighted by Gasteiger charge is 2.32. The van der Waals surface area contributed by atoms with Crippen molar-refractivity contribution >= 4 is 5.69 Å². The Morgan fingerprint density at radius 3 is 2.94 bits per heavy atom. The number of rotatable bonds is 4. The first kappa shape index (κ1) is 11.3. The molecule has 2 aromatic rings. The molecule has 0 unspecified atom stereocenters. The molecular formula is C14H17N3O. The number of nitrogens with one attached hydrogen (secondary N) is 1. The Morgan fingerprint density at radius 2 is 2.28 bits per heavy atom. The van der Waals surface area contributed by atoms with Crippen molar-refractivity contribution in [3.05, 3.63) is 42.7 Å². The zero-order valence-electron chi connectivity index (χ0n) is 10.5. The third-order valence-electron chi connectivity index (χ3n) is 3.24. The SMILES string of the molecule is CC1(CNc2cccc(-n3cccn3)c2)COC1. The Hall–Kier alpha value is -1.81. The molecule has 94 valence electrons.